The molecule has 0 atom stereocenters. The summed E-state index contributed by atoms with van der Waals surface area (Å²) in [5.74, 6) is -0.562. The van der Waals surface area contributed by atoms with Crippen LogP contribution in [0.1, 0.15) is 31.1 Å². The van der Waals surface area contributed by atoms with Crippen LogP contribution in [0.2, 0.25) is 0 Å². The van der Waals surface area contributed by atoms with E-state index in [2.05, 4.69) is 0 Å². The maximum atomic E-state index is 12.4. The number of hydrogen-bond donors (Lipinski definition) is 0. The van der Waals surface area contributed by atoms with Gasteiger partial charge in [-0.2, -0.15) is 0 Å². The Balaban J connectivity index is 3.18. The Morgan fingerprint density at radius 1 is 1.22 bits per heavy atom. The van der Waals surface area contributed by atoms with Gasteiger partial charge in [0.1, 0.15) is 5.60 Å². The minimum atomic E-state index is -0.665. The molecule has 0 radical (unpaired) electrons. The third kappa shape index (κ3) is 5.86. The monoisotopic (exact) mass is 323 g/mol. The fourth-order valence-corrected chi connectivity index (χ4v) is 1.94. The van der Waals surface area contributed by atoms with Gasteiger partial charge in [0.05, 0.1) is 16.2 Å². The molecule has 0 saturated carbocycles. The standard InChI is InChI=1S/C16H25N3O4/c1-16(2,3)23-15(20)13-11-12(19(21)22)7-8-14(13)18(6)10-9-17(4)5/h7-8,11H,9-10H2,1-6H3. The van der Waals surface area contributed by atoms with E-state index in [-0.39, 0.29) is 11.3 Å². The van der Waals surface area contributed by atoms with Crippen molar-refractivity contribution in [3.8, 4) is 0 Å². The Bertz CT molecular complexity index is 579. The third-order valence-corrected chi connectivity index (χ3v) is 3.10. The van der Waals surface area contributed by atoms with Crippen LogP contribution < -0.4 is 4.90 Å². The molecule has 0 bridgehead atoms. The molecule has 1 aromatic rings. The molecule has 0 N–H and O–H groups in total. The summed E-state index contributed by atoms with van der Waals surface area (Å²) in [5.41, 5.74) is 0.0268. The molecule has 0 aliphatic carbocycles. The number of carbonyl (C=O) groups is 1. The summed E-state index contributed by atoms with van der Waals surface area (Å²) >= 11 is 0. The topological polar surface area (TPSA) is 75.9 Å². The number of non-ortho nitro benzene ring substituents is 1. The van der Waals surface area contributed by atoms with Crippen molar-refractivity contribution >= 4 is 17.3 Å². The molecular weight excluding hydrogens is 298 g/mol. The summed E-state index contributed by atoms with van der Waals surface area (Å²) in [6.07, 6.45) is 0. The van der Waals surface area contributed by atoms with Crippen LogP contribution in [0.15, 0.2) is 18.2 Å². The van der Waals surface area contributed by atoms with Crippen LogP contribution in [0.25, 0.3) is 0 Å². The van der Waals surface area contributed by atoms with Crippen molar-refractivity contribution in [3.05, 3.63) is 33.9 Å². The van der Waals surface area contributed by atoms with Crippen LogP contribution in [-0.2, 0) is 4.74 Å². The second kappa shape index (κ2) is 7.41. The average molecular weight is 323 g/mol. The molecule has 0 fully saturated rings. The molecular formula is C16H25N3O4. The zero-order valence-electron chi connectivity index (χ0n) is 14.6. The van der Waals surface area contributed by atoms with Gasteiger partial charge < -0.3 is 14.5 Å². The minimum Gasteiger partial charge on any atom is -0.456 e. The zero-order chi connectivity index (χ0) is 17.8. The summed E-state index contributed by atoms with van der Waals surface area (Å²) in [5, 5.41) is 11.0. The van der Waals surface area contributed by atoms with E-state index in [0.717, 1.165) is 6.54 Å². The van der Waals surface area contributed by atoms with E-state index in [4.69, 9.17) is 4.74 Å². The van der Waals surface area contributed by atoms with Gasteiger partial charge in [0.25, 0.3) is 5.69 Å². The van der Waals surface area contributed by atoms with Gasteiger partial charge in [-0.05, 0) is 40.9 Å². The van der Waals surface area contributed by atoms with Crippen molar-refractivity contribution in [2.45, 2.75) is 26.4 Å². The Labute approximate surface area is 137 Å². The smallest absolute Gasteiger partial charge is 0.341 e. The highest BCUT2D eigenvalue weighted by molar-refractivity contribution is 5.97. The van der Waals surface area contributed by atoms with Gasteiger partial charge in [0, 0.05) is 32.3 Å². The molecule has 7 nitrogen and oxygen atoms in total. The number of nitro benzene ring substituents is 1. The molecule has 23 heavy (non-hydrogen) atoms. The molecule has 0 aromatic heterocycles. The fourth-order valence-electron chi connectivity index (χ4n) is 1.94. The summed E-state index contributed by atoms with van der Waals surface area (Å²) in [6, 6.07) is 4.26. The number of rotatable bonds is 6. The largest absolute Gasteiger partial charge is 0.456 e. The molecule has 0 amide bonds. The van der Waals surface area contributed by atoms with Gasteiger partial charge in [-0.15, -0.1) is 0 Å². The second-order valence-corrected chi connectivity index (χ2v) is 6.69. The number of anilines is 1. The second-order valence-electron chi connectivity index (χ2n) is 6.69. The lowest BCUT2D eigenvalue weighted by Gasteiger charge is -2.25. The van der Waals surface area contributed by atoms with E-state index in [0.29, 0.717) is 12.2 Å². The molecule has 1 aromatic carbocycles. The number of hydrogen-bond acceptors (Lipinski definition) is 6. The Morgan fingerprint density at radius 3 is 2.30 bits per heavy atom. The van der Waals surface area contributed by atoms with Crippen molar-refractivity contribution < 1.29 is 14.5 Å². The quantitative estimate of drug-likeness (QED) is 0.455. The number of carbonyl (C=O) groups excluding carboxylic acids is 1. The number of nitrogens with zero attached hydrogens (tertiary/aromatic N) is 3. The third-order valence-electron chi connectivity index (χ3n) is 3.10. The number of ether oxygens (including phenoxy) is 1. The van der Waals surface area contributed by atoms with Crippen molar-refractivity contribution in [2.24, 2.45) is 0 Å². The van der Waals surface area contributed by atoms with Gasteiger partial charge in [0.15, 0.2) is 0 Å². The van der Waals surface area contributed by atoms with Crippen molar-refractivity contribution in [2.75, 3.05) is 39.1 Å². The lowest BCUT2D eigenvalue weighted by Crippen LogP contribution is -2.30. The van der Waals surface area contributed by atoms with E-state index in [9.17, 15) is 14.9 Å². The van der Waals surface area contributed by atoms with E-state index >= 15 is 0 Å². The molecule has 1 rings (SSSR count). The van der Waals surface area contributed by atoms with Gasteiger partial charge in [0.2, 0.25) is 0 Å². The van der Waals surface area contributed by atoms with E-state index < -0.39 is 16.5 Å². The summed E-state index contributed by atoms with van der Waals surface area (Å²) in [4.78, 5) is 26.8. The van der Waals surface area contributed by atoms with Crippen LogP contribution in [0.3, 0.4) is 0 Å². The number of benzene rings is 1. The lowest BCUT2D eigenvalue weighted by molar-refractivity contribution is -0.384. The molecule has 128 valence electrons. The number of esters is 1. The maximum Gasteiger partial charge on any atom is 0.341 e. The molecule has 0 aliphatic heterocycles. The average Bonchev–Trinajstić information content (AvgIpc) is 2.42. The predicted molar refractivity (Wildman–Crippen MR) is 90.1 cm³/mol. The highest BCUT2D eigenvalue weighted by Gasteiger charge is 2.24. The summed E-state index contributed by atoms with van der Waals surface area (Å²) in [6.45, 7) is 6.76. The lowest BCUT2D eigenvalue weighted by atomic mass is 10.1. The molecule has 0 aliphatic rings. The van der Waals surface area contributed by atoms with E-state index in [1.807, 2.05) is 30.9 Å². The van der Waals surface area contributed by atoms with Gasteiger partial charge >= 0.3 is 5.97 Å². The van der Waals surface area contributed by atoms with Crippen molar-refractivity contribution in [1.82, 2.24) is 4.90 Å². The van der Waals surface area contributed by atoms with Crippen molar-refractivity contribution in [3.63, 3.8) is 0 Å². The van der Waals surface area contributed by atoms with Crippen molar-refractivity contribution in [1.29, 1.82) is 0 Å². The first-order valence-corrected chi connectivity index (χ1v) is 7.39. The normalized spacial score (nSPS) is 11.4. The molecule has 0 spiro atoms. The SMILES string of the molecule is CN(C)CCN(C)c1ccc([N+](=O)[O-])cc1C(=O)OC(C)(C)C. The van der Waals surface area contributed by atoms with Crippen LogP contribution in [-0.4, -0.2) is 55.6 Å². The number of nitro groups is 1. The van der Waals surface area contributed by atoms with Gasteiger partial charge in [-0.3, -0.25) is 10.1 Å². The summed E-state index contributed by atoms with van der Waals surface area (Å²) < 4.78 is 5.38. The zero-order valence-corrected chi connectivity index (χ0v) is 14.6. The first kappa shape index (κ1) is 18.9. The molecule has 0 unspecified atom stereocenters. The van der Waals surface area contributed by atoms with E-state index in [1.54, 1.807) is 26.8 Å². The molecule has 0 saturated heterocycles. The van der Waals surface area contributed by atoms with Gasteiger partial charge in [-0.25, -0.2) is 4.79 Å². The molecule has 0 heterocycles. The Kier molecular flexibility index (Phi) is 6.09. The molecule has 7 heteroatoms. The highest BCUT2D eigenvalue weighted by atomic mass is 16.6. The minimum absolute atomic E-state index is 0.129. The van der Waals surface area contributed by atoms with Crippen LogP contribution in [0.5, 0.6) is 0 Å². The summed E-state index contributed by atoms with van der Waals surface area (Å²) in [7, 11) is 5.76. The fraction of sp³-hybridized carbons (Fsp3) is 0.562. The number of likely N-dealkylation sites (N-methyl/N-ethyl adjacent to an activating group) is 2. The van der Waals surface area contributed by atoms with Crippen LogP contribution in [0.4, 0.5) is 11.4 Å². The van der Waals surface area contributed by atoms with E-state index in [1.165, 1.54) is 12.1 Å². The maximum absolute atomic E-state index is 12.4. The van der Waals surface area contributed by atoms with Gasteiger partial charge in [-0.1, -0.05) is 0 Å². The van der Waals surface area contributed by atoms with Crippen LogP contribution in [0, 0.1) is 10.1 Å². The first-order valence-electron chi connectivity index (χ1n) is 7.39. The Morgan fingerprint density at radius 2 is 1.83 bits per heavy atom. The highest BCUT2D eigenvalue weighted by Crippen LogP contribution is 2.27. The first-order chi connectivity index (χ1) is 10.5. The predicted octanol–water partition coefficient (Wildman–Crippen LogP) is 2.55. The van der Waals surface area contributed by atoms with Crippen LogP contribution >= 0.6 is 0 Å². The Hall–Kier alpha value is -2.15.